The van der Waals surface area contributed by atoms with Gasteiger partial charge in [0.05, 0.1) is 11.5 Å². The van der Waals surface area contributed by atoms with Crippen LogP contribution in [0.5, 0.6) is 0 Å². The van der Waals surface area contributed by atoms with Crippen LogP contribution in [0.1, 0.15) is 12.5 Å². The number of ether oxygens (including phenoxy) is 2. The van der Waals surface area contributed by atoms with Crippen molar-refractivity contribution in [1.29, 1.82) is 0 Å². The quantitative estimate of drug-likeness (QED) is 0.208. The van der Waals surface area contributed by atoms with Crippen LogP contribution in [0, 0.1) is 10.1 Å². The zero-order chi connectivity index (χ0) is 20.7. The Morgan fingerprint density at radius 3 is 2.64 bits per heavy atom. The van der Waals surface area contributed by atoms with Gasteiger partial charge in [-0.3, -0.25) is 14.9 Å². The predicted octanol–water partition coefficient (Wildman–Crippen LogP) is 0.977. The molecule has 1 amide bonds. The zero-order valence-electron chi connectivity index (χ0n) is 14.8. The Labute approximate surface area is 164 Å². The van der Waals surface area contributed by atoms with E-state index in [2.05, 4.69) is 0 Å². The number of carbonyl (C=O) groups is 3. The second kappa shape index (κ2) is 9.85. The normalized spacial score (nSPS) is 17.1. The van der Waals surface area contributed by atoms with E-state index in [9.17, 15) is 29.6 Å². The molecule has 28 heavy (non-hydrogen) atoms. The van der Waals surface area contributed by atoms with Crippen molar-refractivity contribution in [2.24, 2.45) is 0 Å². The summed E-state index contributed by atoms with van der Waals surface area (Å²) >= 11 is 1.08. The summed E-state index contributed by atoms with van der Waals surface area (Å²) in [4.78, 5) is 46.1. The number of nitrogens with zero attached hydrogens (tertiary/aromatic N) is 2. The van der Waals surface area contributed by atoms with Gasteiger partial charge >= 0.3 is 11.9 Å². The monoisotopic (exact) mass is 410 g/mol. The summed E-state index contributed by atoms with van der Waals surface area (Å²) in [7, 11) is 0. The number of nitro groups is 1. The minimum atomic E-state index is -1.74. The molecule has 1 heterocycles. The molecule has 2 atom stereocenters. The fourth-order valence-electron chi connectivity index (χ4n) is 2.19. The molecule has 1 fully saturated rings. The molecule has 0 spiro atoms. The van der Waals surface area contributed by atoms with E-state index in [1.54, 1.807) is 6.92 Å². The zero-order valence-corrected chi connectivity index (χ0v) is 15.7. The van der Waals surface area contributed by atoms with Crippen molar-refractivity contribution in [3.8, 4) is 0 Å². The van der Waals surface area contributed by atoms with E-state index in [0.717, 1.165) is 16.7 Å². The summed E-state index contributed by atoms with van der Waals surface area (Å²) < 4.78 is 9.64. The van der Waals surface area contributed by atoms with Crippen molar-refractivity contribution in [2.75, 3.05) is 13.2 Å². The van der Waals surface area contributed by atoms with Crippen LogP contribution in [0.25, 0.3) is 0 Å². The standard InChI is InChI=1S/C17H18N2O8S/c1-2-26-14(20)7-8-28-13-9-18(15(13)21)16(22)17(23)27-10-11-3-5-12(6-4-11)19(24)25/h3-8,13,16,22H,2,9-10H2,1H3/b8-7-. The van der Waals surface area contributed by atoms with Gasteiger partial charge in [-0.2, -0.15) is 0 Å². The minimum absolute atomic E-state index is 0.0955. The van der Waals surface area contributed by atoms with Crippen LogP contribution >= 0.6 is 11.8 Å². The number of thioether (sulfide) groups is 1. The molecule has 0 saturated carbocycles. The second-order valence-electron chi connectivity index (χ2n) is 5.58. The number of aliphatic hydroxyl groups is 1. The summed E-state index contributed by atoms with van der Waals surface area (Å²) in [5, 5.41) is 21.4. The van der Waals surface area contributed by atoms with Gasteiger partial charge in [0.15, 0.2) is 0 Å². The van der Waals surface area contributed by atoms with Crippen LogP contribution in [0.3, 0.4) is 0 Å². The first-order chi connectivity index (χ1) is 13.3. The van der Waals surface area contributed by atoms with E-state index in [1.165, 1.54) is 35.7 Å². The number of rotatable bonds is 9. The average Bonchev–Trinajstić information content (AvgIpc) is 2.67. The van der Waals surface area contributed by atoms with Crippen molar-refractivity contribution >= 4 is 35.3 Å². The Morgan fingerprint density at radius 2 is 2.07 bits per heavy atom. The smallest absolute Gasteiger partial charge is 0.356 e. The number of nitro benzene ring substituents is 1. The Bertz CT molecular complexity index is 780. The fourth-order valence-corrected chi connectivity index (χ4v) is 3.07. The van der Waals surface area contributed by atoms with Gasteiger partial charge in [-0.1, -0.05) is 0 Å². The largest absolute Gasteiger partial charge is 0.463 e. The Hall–Kier alpha value is -2.92. The van der Waals surface area contributed by atoms with E-state index in [4.69, 9.17) is 9.47 Å². The molecular weight excluding hydrogens is 392 g/mol. The molecule has 2 unspecified atom stereocenters. The molecule has 1 N–H and O–H groups in total. The van der Waals surface area contributed by atoms with Crippen LogP contribution in [-0.4, -0.2) is 57.4 Å². The number of esters is 2. The van der Waals surface area contributed by atoms with E-state index in [-0.39, 0.29) is 25.4 Å². The molecule has 0 bridgehead atoms. The predicted molar refractivity (Wildman–Crippen MR) is 97.8 cm³/mol. The lowest BCUT2D eigenvalue weighted by atomic mass is 10.2. The number of amides is 1. The lowest BCUT2D eigenvalue weighted by Crippen LogP contribution is -2.61. The van der Waals surface area contributed by atoms with Crippen molar-refractivity contribution < 1.29 is 33.9 Å². The molecule has 2 rings (SSSR count). The molecule has 1 aromatic carbocycles. The lowest BCUT2D eigenvalue weighted by Gasteiger charge is -2.39. The number of benzene rings is 1. The highest BCUT2D eigenvalue weighted by Crippen LogP contribution is 2.26. The van der Waals surface area contributed by atoms with E-state index in [0.29, 0.717) is 5.56 Å². The first kappa shape index (κ1) is 21.4. The molecule has 150 valence electrons. The lowest BCUT2D eigenvalue weighted by molar-refractivity contribution is -0.384. The molecule has 1 aliphatic rings. The topological polar surface area (TPSA) is 136 Å². The minimum Gasteiger partial charge on any atom is -0.463 e. The highest BCUT2D eigenvalue weighted by atomic mass is 32.2. The maximum absolute atomic E-state index is 12.0. The van der Waals surface area contributed by atoms with E-state index >= 15 is 0 Å². The summed E-state index contributed by atoms with van der Waals surface area (Å²) in [6, 6.07) is 5.39. The third-order valence-electron chi connectivity index (χ3n) is 3.69. The van der Waals surface area contributed by atoms with E-state index < -0.39 is 34.2 Å². The molecule has 0 radical (unpaired) electrons. The summed E-state index contributed by atoms with van der Waals surface area (Å²) in [6.45, 7) is 1.84. The van der Waals surface area contributed by atoms with Crippen LogP contribution in [0.2, 0.25) is 0 Å². The molecule has 0 aliphatic carbocycles. The van der Waals surface area contributed by atoms with Crippen LogP contribution in [-0.2, 0) is 30.5 Å². The highest BCUT2D eigenvalue weighted by Gasteiger charge is 2.43. The van der Waals surface area contributed by atoms with Gasteiger partial charge in [-0.15, -0.1) is 11.8 Å². The van der Waals surface area contributed by atoms with Gasteiger partial charge in [-0.25, -0.2) is 9.59 Å². The van der Waals surface area contributed by atoms with Gasteiger partial charge in [-0.05, 0) is 30.0 Å². The molecule has 1 saturated heterocycles. The Kier molecular flexibility index (Phi) is 7.52. The number of aliphatic hydroxyl groups excluding tert-OH is 1. The molecule has 1 aliphatic heterocycles. The van der Waals surface area contributed by atoms with E-state index in [1.807, 2.05) is 0 Å². The molecule has 0 aromatic heterocycles. The number of carbonyl (C=O) groups excluding carboxylic acids is 3. The molecule has 1 aromatic rings. The summed E-state index contributed by atoms with van der Waals surface area (Å²) in [5.41, 5.74) is 0.403. The number of β-lactam (4-membered cyclic amide) rings is 1. The van der Waals surface area contributed by atoms with Crippen molar-refractivity contribution in [3.05, 3.63) is 51.4 Å². The Balaban J connectivity index is 1.77. The average molecular weight is 410 g/mol. The first-order valence-electron chi connectivity index (χ1n) is 8.20. The first-order valence-corrected chi connectivity index (χ1v) is 9.15. The van der Waals surface area contributed by atoms with Crippen molar-refractivity contribution in [3.63, 3.8) is 0 Å². The maximum atomic E-state index is 12.0. The molecular formula is C17H18N2O8S. The third-order valence-corrected chi connectivity index (χ3v) is 4.66. The number of likely N-dealkylation sites (tertiary alicyclic amines) is 1. The van der Waals surface area contributed by atoms with Crippen LogP contribution in [0.4, 0.5) is 5.69 Å². The fraction of sp³-hybridized carbons (Fsp3) is 0.353. The second-order valence-corrected chi connectivity index (χ2v) is 6.69. The number of non-ortho nitro benzene ring substituents is 1. The Morgan fingerprint density at radius 1 is 1.39 bits per heavy atom. The van der Waals surface area contributed by atoms with Gasteiger partial charge in [0.25, 0.3) is 5.69 Å². The van der Waals surface area contributed by atoms with Crippen molar-refractivity contribution in [2.45, 2.75) is 25.0 Å². The van der Waals surface area contributed by atoms with Gasteiger partial charge in [0, 0.05) is 24.8 Å². The molecule has 11 heteroatoms. The van der Waals surface area contributed by atoms with Crippen LogP contribution < -0.4 is 0 Å². The highest BCUT2D eigenvalue weighted by molar-refractivity contribution is 8.03. The van der Waals surface area contributed by atoms with Gasteiger partial charge in [0.1, 0.15) is 11.9 Å². The third kappa shape index (κ3) is 5.54. The summed E-state index contributed by atoms with van der Waals surface area (Å²) in [5.74, 6) is -1.98. The maximum Gasteiger partial charge on any atom is 0.356 e. The van der Waals surface area contributed by atoms with Crippen LogP contribution in [0.15, 0.2) is 35.7 Å². The van der Waals surface area contributed by atoms with Crippen molar-refractivity contribution in [1.82, 2.24) is 4.90 Å². The van der Waals surface area contributed by atoms with Gasteiger partial charge < -0.3 is 19.5 Å². The number of hydrogen-bond donors (Lipinski definition) is 1. The number of hydrogen-bond acceptors (Lipinski definition) is 9. The van der Waals surface area contributed by atoms with Gasteiger partial charge in [0.2, 0.25) is 12.1 Å². The molecule has 10 nitrogen and oxygen atoms in total. The SMILES string of the molecule is CCOC(=O)/C=C\SC1CN(C(O)C(=O)OCc2ccc([N+](=O)[O-])cc2)C1=O. The summed E-state index contributed by atoms with van der Waals surface area (Å²) in [6.07, 6.45) is -0.546.